The summed E-state index contributed by atoms with van der Waals surface area (Å²) in [5.74, 6) is 0.570. The molecule has 0 saturated carbocycles. The van der Waals surface area contributed by atoms with Crippen LogP contribution in [0.3, 0.4) is 0 Å². The maximum atomic E-state index is 12.8. The molecule has 3 nitrogen and oxygen atoms in total. The summed E-state index contributed by atoms with van der Waals surface area (Å²) < 4.78 is 18.3. The Balaban J connectivity index is 1.50. The highest BCUT2D eigenvalue weighted by atomic mass is 19.1. The van der Waals surface area contributed by atoms with Gasteiger partial charge in [0, 0.05) is 6.54 Å². The van der Waals surface area contributed by atoms with Crippen LogP contribution in [0.2, 0.25) is 0 Å². The molecule has 0 aromatic heterocycles. The van der Waals surface area contributed by atoms with Gasteiger partial charge in [0.25, 0.3) is 0 Å². The van der Waals surface area contributed by atoms with E-state index in [1.165, 1.54) is 12.1 Å². The first-order chi connectivity index (χ1) is 11.2. The molecular weight excluding hydrogens is 293 g/mol. The average Bonchev–Trinajstić information content (AvgIpc) is 2.57. The third-order valence-corrected chi connectivity index (χ3v) is 3.47. The number of amides is 1. The Bertz CT molecular complexity index is 584. The molecule has 2 aromatic carbocycles. The molecule has 122 valence electrons. The molecular formula is C19H22FNO2. The minimum absolute atomic E-state index is 0.00251. The van der Waals surface area contributed by atoms with Gasteiger partial charge in [0.05, 0.1) is 13.0 Å². The van der Waals surface area contributed by atoms with E-state index in [4.69, 9.17) is 4.74 Å². The van der Waals surface area contributed by atoms with Crippen molar-refractivity contribution in [1.29, 1.82) is 0 Å². The Morgan fingerprint density at radius 3 is 2.48 bits per heavy atom. The van der Waals surface area contributed by atoms with E-state index in [1.54, 1.807) is 12.1 Å². The van der Waals surface area contributed by atoms with E-state index >= 15 is 0 Å². The van der Waals surface area contributed by atoms with Crippen LogP contribution in [-0.2, 0) is 11.2 Å². The van der Waals surface area contributed by atoms with Crippen LogP contribution >= 0.6 is 0 Å². The van der Waals surface area contributed by atoms with Crippen molar-refractivity contribution in [3.8, 4) is 5.75 Å². The van der Waals surface area contributed by atoms with Gasteiger partial charge in [-0.3, -0.25) is 4.79 Å². The number of carbonyl (C=O) groups excluding carboxylic acids is 1. The quantitative estimate of drug-likeness (QED) is 0.716. The summed E-state index contributed by atoms with van der Waals surface area (Å²) in [6.45, 7) is 1.04. The smallest absolute Gasteiger partial charge is 0.223 e. The van der Waals surface area contributed by atoms with E-state index in [9.17, 15) is 9.18 Å². The number of aryl methyl sites for hydroxylation is 1. The molecule has 0 radical (unpaired) electrons. The molecule has 2 rings (SSSR count). The maximum Gasteiger partial charge on any atom is 0.223 e. The fourth-order valence-corrected chi connectivity index (χ4v) is 2.20. The summed E-state index contributed by atoms with van der Waals surface area (Å²) in [6, 6.07) is 16.0. The molecule has 1 N–H and O–H groups in total. The van der Waals surface area contributed by atoms with E-state index in [1.807, 2.05) is 30.3 Å². The summed E-state index contributed by atoms with van der Waals surface area (Å²) in [5, 5.41) is 2.89. The van der Waals surface area contributed by atoms with Crippen LogP contribution in [0.5, 0.6) is 5.75 Å². The van der Waals surface area contributed by atoms with E-state index in [0.717, 1.165) is 30.6 Å². The summed E-state index contributed by atoms with van der Waals surface area (Å²) >= 11 is 0. The summed E-state index contributed by atoms with van der Waals surface area (Å²) in [4.78, 5) is 11.7. The lowest BCUT2D eigenvalue weighted by Gasteiger charge is -2.07. The zero-order chi connectivity index (χ0) is 16.3. The second-order valence-corrected chi connectivity index (χ2v) is 5.35. The predicted octanol–water partition coefficient (Wildman–Crippen LogP) is 3.73. The Morgan fingerprint density at radius 2 is 1.74 bits per heavy atom. The van der Waals surface area contributed by atoms with Gasteiger partial charge < -0.3 is 10.1 Å². The van der Waals surface area contributed by atoms with E-state index in [0.29, 0.717) is 19.6 Å². The molecule has 0 unspecified atom stereocenters. The number of nitrogens with one attached hydrogen (secondary N) is 1. The maximum absolute atomic E-state index is 12.8. The van der Waals surface area contributed by atoms with Crippen molar-refractivity contribution >= 4 is 5.91 Å². The number of rotatable bonds is 9. The first kappa shape index (κ1) is 17.0. The third-order valence-electron chi connectivity index (χ3n) is 3.47. The number of para-hydroxylation sites is 1. The second-order valence-electron chi connectivity index (χ2n) is 5.35. The summed E-state index contributed by atoms with van der Waals surface area (Å²) in [5.41, 5.74) is 1.12. The number of hydrogen-bond donors (Lipinski definition) is 1. The SMILES string of the molecule is O=C(CCOc1ccccc1)NCCCCc1ccc(F)cc1. The first-order valence-corrected chi connectivity index (χ1v) is 7.93. The number of carbonyl (C=O) groups is 1. The van der Waals surface area contributed by atoms with Crippen molar-refractivity contribution in [2.45, 2.75) is 25.7 Å². The Hall–Kier alpha value is -2.36. The molecule has 0 aliphatic carbocycles. The largest absolute Gasteiger partial charge is 0.493 e. The molecule has 1 amide bonds. The molecule has 0 spiro atoms. The molecule has 23 heavy (non-hydrogen) atoms. The molecule has 0 fully saturated rings. The van der Waals surface area contributed by atoms with Crippen LogP contribution in [0.4, 0.5) is 4.39 Å². The fourth-order valence-electron chi connectivity index (χ4n) is 2.20. The molecule has 0 aliphatic heterocycles. The average molecular weight is 315 g/mol. The minimum Gasteiger partial charge on any atom is -0.493 e. The number of halogens is 1. The Kier molecular flexibility index (Phi) is 7.11. The van der Waals surface area contributed by atoms with Gasteiger partial charge in [-0.2, -0.15) is 0 Å². The highest BCUT2D eigenvalue weighted by Gasteiger charge is 2.01. The third kappa shape index (κ3) is 6.96. The molecule has 0 bridgehead atoms. The van der Waals surface area contributed by atoms with Crippen LogP contribution in [0, 0.1) is 5.82 Å². The van der Waals surface area contributed by atoms with Crippen LogP contribution in [-0.4, -0.2) is 19.1 Å². The van der Waals surface area contributed by atoms with Gasteiger partial charge in [-0.15, -0.1) is 0 Å². The van der Waals surface area contributed by atoms with Gasteiger partial charge in [0.2, 0.25) is 5.91 Å². The van der Waals surface area contributed by atoms with Crippen molar-refractivity contribution in [2.24, 2.45) is 0 Å². The van der Waals surface area contributed by atoms with Crippen LogP contribution in [0.15, 0.2) is 54.6 Å². The van der Waals surface area contributed by atoms with Gasteiger partial charge in [-0.05, 0) is 49.1 Å². The second kappa shape index (κ2) is 9.62. The highest BCUT2D eigenvalue weighted by molar-refractivity contribution is 5.75. The Labute approximate surface area is 136 Å². The Morgan fingerprint density at radius 1 is 1.00 bits per heavy atom. The monoisotopic (exact) mass is 315 g/mol. The van der Waals surface area contributed by atoms with Gasteiger partial charge in [-0.25, -0.2) is 4.39 Å². The number of benzene rings is 2. The normalized spacial score (nSPS) is 10.3. The van der Waals surface area contributed by atoms with E-state index < -0.39 is 0 Å². The van der Waals surface area contributed by atoms with E-state index in [-0.39, 0.29) is 11.7 Å². The first-order valence-electron chi connectivity index (χ1n) is 7.93. The van der Waals surface area contributed by atoms with Crippen LogP contribution < -0.4 is 10.1 Å². The van der Waals surface area contributed by atoms with Crippen LogP contribution in [0.1, 0.15) is 24.8 Å². The number of hydrogen-bond acceptors (Lipinski definition) is 2. The minimum atomic E-state index is -0.210. The fraction of sp³-hybridized carbons (Fsp3) is 0.316. The molecule has 0 aliphatic rings. The summed E-state index contributed by atoms with van der Waals surface area (Å²) in [6.07, 6.45) is 3.12. The topological polar surface area (TPSA) is 38.3 Å². The molecule has 0 heterocycles. The zero-order valence-corrected chi connectivity index (χ0v) is 13.1. The van der Waals surface area contributed by atoms with Crippen molar-refractivity contribution in [3.63, 3.8) is 0 Å². The highest BCUT2D eigenvalue weighted by Crippen LogP contribution is 2.08. The van der Waals surface area contributed by atoms with Crippen LogP contribution in [0.25, 0.3) is 0 Å². The zero-order valence-electron chi connectivity index (χ0n) is 13.1. The molecule has 2 aromatic rings. The van der Waals surface area contributed by atoms with Crippen molar-refractivity contribution in [3.05, 3.63) is 66.0 Å². The van der Waals surface area contributed by atoms with Gasteiger partial charge in [0.1, 0.15) is 11.6 Å². The lowest BCUT2D eigenvalue weighted by Crippen LogP contribution is -2.25. The van der Waals surface area contributed by atoms with Crippen molar-refractivity contribution in [2.75, 3.05) is 13.2 Å². The molecule has 0 saturated heterocycles. The summed E-state index contributed by atoms with van der Waals surface area (Å²) in [7, 11) is 0. The van der Waals surface area contributed by atoms with Gasteiger partial charge in [0.15, 0.2) is 0 Å². The standard InChI is InChI=1S/C19H22FNO2/c20-17-11-9-16(10-12-17)6-4-5-14-21-19(22)13-15-23-18-7-2-1-3-8-18/h1-3,7-12H,4-6,13-15H2,(H,21,22). The van der Waals surface area contributed by atoms with E-state index in [2.05, 4.69) is 5.32 Å². The van der Waals surface area contributed by atoms with Crippen molar-refractivity contribution < 1.29 is 13.9 Å². The molecule has 4 heteroatoms. The lowest BCUT2D eigenvalue weighted by molar-refractivity contribution is -0.121. The van der Waals surface area contributed by atoms with Gasteiger partial charge >= 0.3 is 0 Å². The van der Waals surface area contributed by atoms with Gasteiger partial charge in [-0.1, -0.05) is 30.3 Å². The lowest BCUT2D eigenvalue weighted by atomic mass is 10.1. The number of unbranched alkanes of at least 4 members (excludes halogenated alkanes) is 1. The van der Waals surface area contributed by atoms with Crippen molar-refractivity contribution in [1.82, 2.24) is 5.32 Å². The molecule has 0 atom stereocenters. The number of ether oxygens (including phenoxy) is 1. The predicted molar refractivity (Wildman–Crippen MR) is 88.9 cm³/mol.